The number of rotatable bonds is 5. The van der Waals surface area contributed by atoms with Crippen LogP contribution in [0, 0.1) is 13.8 Å². The standard InChI is InChI=1S/C18H20N2O4/c1-10-6-5-7-13(8-10)19-15(22)9-14-16(18(23)24-4)11(2)17(20-14)12(3)21/h5-8,20H,9H2,1-4H3,(H,19,22). The maximum absolute atomic E-state index is 12.3. The minimum Gasteiger partial charge on any atom is -0.465 e. The Kier molecular flexibility index (Phi) is 5.18. The number of carbonyl (C=O) groups is 3. The van der Waals surface area contributed by atoms with Crippen molar-refractivity contribution in [1.82, 2.24) is 4.98 Å². The van der Waals surface area contributed by atoms with Gasteiger partial charge in [0.25, 0.3) is 0 Å². The third kappa shape index (κ3) is 3.71. The number of methoxy groups -OCH3 is 1. The van der Waals surface area contributed by atoms with Crippen LogP contribution in [0.3, 0.4) is 0 Å². The maximum atomic E-state index is 12.3. The first-order chi connectivity index (χ1) is 11.3. The Morgan fingerprint density at radius 2 is 1.92 bits per heavy atom. The number of Topliss-reactive ketones (excluding diaryl/α,β-unsaturated/α-hetero) is 1. The fourth-order valence-corrected chi connectivity index (χ4v) is 2.61. The fourth-order valence-electron chi connectivity index (χ4n) is 2.61. The molecule has 0 atom stereocenters. The Morgan fingerprint density at radius 3 is 2.50 bits per heavy atom. The summed E-state index contributed by atoms with van der Waals surface area (Å²) in [6.07, 6.45) is -0.0630. The predicted molar refractivity (Wildman–Crippen MR) is 90.4 cm³/mol. The van der Waals surface area contributed by atoms with Crippen LogP contribution >= 0.6 is 0 Å². The van der Waals surface area contributed by atoms with E-state index in [-0.39, 0.29) is 23.7 Å². The highest BCUT2D eigenvalue weighted by Crippen LogP contribution is 2.21. The Bertz CT molecular complexity index is 805. The van der Waals surface area contributed by atoms with Crippen LogP contribution in [-0.4, -0.2) is 29.8 Å². The van der Waals surface area contributed by atoms with Crippen molar-refractivity contribution in [2.45, 2.75) is 27.2 Å². The van der Waals surface area contributed by atoms with E-state index in [2.05, 4.69) is 10.3 Å². The Balaban J connectivity index is 2.28. The molecular weight excluding hydrogens is 308 g/mol. The normalized spacial score (nSPS) is 10.3. The summed E-state index contributed by atoms with van der Waals surface area (Å²) in [4.78, 5) is 38.8. The van der Waals surface area contributed by atoms with Crippen molar-refractivity contribution in [2.24, 2.45) is 0 Å². The van der Waals surface area contributed by atoms with E-state index in [4.69, 9.17) is 4.74 Å². The number of esters is 1. The van der Waals surface area contributed by atoms with Crippen molar-refractivity contribution in [1.29, 1.82) is 0 Å². The van der Waals surface area contributed by atoms with E-state index in [1.165, 1.54) is 14.0 Å². The summed E-state index contributed by atoms with van der Waals surface area (Å²) in [7, 11) is 1.26. The molecule has 6 nitrogen and oxygen atoms in total. The average Bonchev–Trinajstić information content (AvgIpc) is 2.83. The smallest absolute Gasteiger partial charge is 0.339 e. The molecule has 0 radical (unpaired) electrons. The second kappa shape index (κ2) is 7.12. The van der Waals surface area contributed by atoms with Crippen LogP contribution in [0.5, 0.6) is 0 Å². The number of amides is 1. The largest absolute Gasteiger partial charge is 0.465 e. The number of aromatic nitrogens is 1. The third-order valence-corrected chi connectivity index (χ3v) is 3.71. The Hall–Kier alpha value is -2.89. The van der Waals surface area contributed by atoms with Gasteiger partial charge in [0.05, 0.1) is 24.8 Å². The summed E-state index contributed by atoms with van der Waals surface area (Å²) < 4.78 is 4.76. The number of aryl methyl sites for hydroxylation is 1. The summed E-state index contributed by atoms with van der Waals surface area (Å²) in [5.74, 6) is -1.07. The van der Waals surface area contributed by atoms with Crippen LogP contribution in [-0.2, 0) is 16.0 Å². The zero-order valence-corrected chi connectivity index (χ0v) is 14.1. The van der Waals surface area contributed by atoms with Crippen LogP contribution in [0.15, 0.2) is 24.3 Å². The molecule has 0 aliphatic carbocycles. The molecule has 0 aliphatic rings. The molecule has 0 unspecified atom stereocenters. The van der Waals surface area contributed by atoms with E-state index in [0.29, 0.717) is 22.6 Å². The molecule has 126 valence electrons. The molecule has 1 amide bonds. The van der Waals surface area contributed by atoms with Gasteiger partial charge < -0.3 is 15.0 Å². The SMILES string of the molecule is COC(=O)c1c(CC(=O)Nc2cccc(C)c2)[nH]c(C(C)=O)c1C. The highest BCUT2D eigenvalue weighted by atomic mass is 16.5. The molecule has 1 aromatic heterocycles. The molecule has 2 N–H and O–H groups in total. The number of hydrogen-bond donors (Lipinski definition) is 2. The Morgan fingerprint density at radius 1 is 1.21 bits per heavy atom. The predicted octanol–water partition coefficient (Wildman–Crippen LogP) is 2.80. The molecule has 1 aromatic carbocycles. The van der Waals surface area contributed by atoms with Gasteiger partial charge in [0.1, 0.15) is 0 Å². The first-order valence-electron chi connectivity index (χ1n) is 7.50. The van der Waals surface area contributed by atoms with Gasteiger partial charge in [0.15, 0.2) is 5.78 Å². The highest BCUT2D eigenvalue weighted by molar-refractivity contribution is 6.02. The number of ether oxygens (including phenoxy) is 1. The van der Waals surface area contributed by atoms with Gasteiger partial charge in [-0.15, -0.1) is 0 Å². The van der Waals surface area contributed by atoms with Gasteiger partial charge in [-0.1, -0.05) is 12.1 Å². The summed E-state index contributed by atoms with van der Waals surface area (Å²) in [5, 5.41) is 2.78. The van der Waals surface area contributed by atoms with E-state index in [0.717, 1.165) is 5.56 Å². The second-order valence-electron chi connectivity index (χ2n) is 5.62. The lowest BCUT2D eigenvalue weighted by molar-refractivity contribution is -0.115. The van der Waals surface area contributed by atoms with E-state index in [1.807, 2.05) is 25.1 Å². The van der Waals surface area contributed by atoms with Crippen LogP contribution in [0.1, 0.15) is 44.6 Å². The first kappa shape index (κ1) is 17.5. The molecular formula is C18H20N2O4. The number of hydrogen-bond acceptors (Lipinski definition) is 4. The van der Waals surface area contributed by atoms with Crippen LogP contribution in [0.4, 0.5) is 5.69 Å². The molecule has 0 saturated carbocycles. The van der Waals surface area contributed by atoms with Crippen molar-refractivity contribution in [3.63, 3.8) is 0 Å². The second-order valence-corrected chi connectivity index (χ2v) is 5.62. The first-order valence-corrected chi connectivity index (χ1v) is 7.50. The maximum Gasteiger partial charge on any atom is 0.339 e. The fraction of sp³-hybridized carbons (Fsp3) is 0.278. The highest BCUT2D eigenvalue weighted by Gasteiger charge is 2.24. The zero-order chi connectivity index (χ0) is 17.9. The van der Waals surface area contributed by atoms with Gasteiger partial charge in [-0.2, -0.15) is 0 Å². The molecule has 24 heavy (non-hydrogen) atoms. The van der Waals surface area contributed by atoms with Gasteiger partial charge in [-0.25, -0.2) is 4.79 Å². The minimum atomic E-state index is -0.574. The third-order valence-electron chi connectivity index (χ3n) is 3.71. The van der Waals surface area contributed by atoms with Crippen LogP contribution in [0.2, 0.25) is 0 Å². The van der Waals surface area contributed by atoms with E-state index < -0.39 is 5.97 Å². The summed E-state index contributed by atoms with van der Waals surface area (Å²) in [6, 6.07) is 7.41. The number of carbonyl (C=O) groups excluding carboxylic acids is 3. The van der Waals surface area contributed by atoms with Crippen LogP contribution < -0.4 is 5.32 Å². The summed E-state index contributed by atoms with van der Waals surface area (Å²) in [6.45, 7) is 4.98. The lowest BCUT2D eigenvalue weighted by Gasteiger charge is -2.07. The van der Waals surface area contributed by atoms with Crippen molar-refractivity contribution in [3.8, 4) is 0 Å². The molecule has 0 aliphatic heterocycles. The van der Waals surface area contributed by atoms with E-state index in [1.54, 1.807) is 13.0 Å². The lowest BCUT2D eigenvalue weighted by atomic mass is 10.1. The van der Waals surface area contributed by atoms with Gasteiger partial charge >= 0.3 is 5.97 Å². The average molecular weight is 328 g/mol. The number of ketones is 1. The monoisotopic (exact) mass is 328 g/mol. The number of benzene rings is 1. The minimum absolute atomic E-state index is 0.0630. The lowest BCUT2D eigenvalue weighted by Crippen LogP contribution is -2.17. The van der Waals surface area contributed by atoms with Crippen LogP contribution in [0.25, 0.3) is 0 Å². The molecule has 1 heterocycles. The van der Waals surface area contributed by atoms with E-state index >= 15 is 0 Å². The van der Waals surface area contributed by atoms with Crippen molar-refractivity contribution >= 4 is 23.3 Å². The van der Waals surface area contributed by atoms with Crippen molar-refractivity contribution in [2.75, 3.05) is 12.4 Å². The molecule has 0 spiro atoms. The van der Waals surface area contributed by atoms with Gasteiger partial charge in [-0.3, -0.25) is 9.59 Å². The molecule has 0 saturated heterocycles. The van der Waals surface area contributed by atoms with Gasteiger partial charge in [0.2, 0.25) is 5.91 Å². The molecule has 0 fully saturated rings. The number of nitrogens with one attached hydrogen (secondary N) is 2. The quantitative estimate of drug-likeness (QED) is 0.652. The van der Waals surface area contributed by atoms with Gasteiger partial charge in [0, 0.05) is 18.3 Å². The number of H-pyrrole nitrogens is 1. The number of anilines is 1. The Labute approximate surface area is 140 Å². The van der Waals surface area contributed by atoms with E-state index in [9.17, 15) is 14.4 Å². The molecule has 2 aromatic rings. The molecule has 0 bridgehead atoms. The number of aromatic amines is 1. The van der Waals surface area contributed by atoms with Gasteiger partial charge in [-0.05, 0) is 37.1 Å². The molecule has 2 rings (SSSR count). The van der Waals surface area contributed by atoms with Crippen molar-refractivity contribution < 1.29 is 19.1 Å². The molecule has 6 heteroatoms. The zero-order valence-electron chi connectivity index (χ0n) is 14.1. The van der Waals surface area contributed by atoms with Crippen molar-refractivity contribution in [3.05, 3.63) is 52.3 Å². The topological polar surface area (TPSA) is 88.3 Å². The summed E-state index contributed by atoms with van der Waals surface area (Å²) in [5.41, 5.74) is 3.12. The summed E-state index contributed by atoms with van der Waals surface area (Å²) >= 11 is 0.